The second kappa shape index (κ2) is 7.96. The molecule has 27 heavy (non-hydrogen) atoms. The van der Waals surface area contributed by atoms with E-state index in [-0.39, 0.29) is 23.9 Å². The highest BCUT2D eigenvalue weighted by Crippen LogP contribution is 2.26. The van der Waals surface area contributed by atoms with Crippen molar-refractivity contribution < 1.29 is 18.4 Å². The largest absolute Gasteiger partial charge is 0.374 e. The van der Waals surface area contributed by atoms with Crippen LogP contribution in [0.15, 0.2) is 28.8 Å². The average Bonchev–Trinajstić information content (AvgIpc) is 2.98. The first-order valence-electron chi connectivity index (χ1n) is 9.02. The standard InChI is InChI=1S/C19H25FN4O3/c1-11-7-18(23-27-11)22-19(25)14(4)21-15-5-6-17(16(20)8-15)24-9-12(2)26-13(3)10-24/h5-8,12-14,21H,9-10H2,1-4H3,(H,22,23,25)/t12-,13+,14-/m1/s1. The Hall–Kier alpha value is -2.61. The molecule has 2 heterocycles. The SMILES string of the molecule is Cc1cc(NC(=O)[C@@H](C)Nc2ccc(N3C[C@@H](C)O[C@@H](C)C3)c(F)c2)no1. The molecule has 0 unspecified atom stereocenters. The fourth-order valence-corrected chi connectivity index (χ4v) is 3.20. The van der Waals surface area contributed by atoms with E-state index in [0.717, 1.165) is 0 Å². The Morgan fingerprint density at radius 2 is 2.00 bits per heavy atom. The minimum absolute atomic E-state index is 0.0508. The second-order valence-electron chi connectivity index (χ2n) is 7.01. The average molecular weight is 376 g/mol. The molecule has 1 aliphatic heterocycles. The number of carbonyl (C=O) groups excluding carboxylic acids is 1. The van der Waals surface area contributed by atoms with Crippen LogP contribution in [0.3, 0.4) is 0 Å². The first kappa shape index (κ1) is 19.2. The summed E-state index contributed by atoms with van der Waals surface area (Å²) in [5, 5.41) is 9.38. The van der Waals surface area contributed by atoms with Gasteiger partial charge >= 0.3 is 0 Å². The van der Waals surface area contributed by atoms with Gasteiger partial charge in [0.05, 0.1) is 17.9 Å². The lowest BCUT2D eigenvalue weighted by Crippen LogP contribution is -2.45. The Balaban J connectivity index is 1.63. The molecule has 2 N–H and O–H groups in total. The number of hydrogen-bond acceptors (Lipinski definition) is 6. The van der Waals surface area contributed by atoms with E-state index >= 15 is 0 Å². The third-order valence-corrected chi connectivity index (χ3v) is 4.36. The highest BCUT2D eigenvalue weighted by Gasteiger charge is 2.24. The van der Waals surface area contributed by atoms with Gasteiger partial charge < -0.3 is 24.8 Å². The molecule has 0 saturated carbocycles. The van der Waals surface area contributed by atoms with E-state index in [4.69, 9.17) is 9.26 Å². The van der Waals surface area contributed by atoms with Crippen molar-refractivity contribution >= 4 is 23.1 Å². The summed E-state index contributed by atoms with van der Waals surface area (Å²) < 4.78 is 25.3. The number of halogens is 1. The summed E-state index contributed by atoms with van der Waals surface area (Å²) in [7, 11) is 0. The predicted molar refractivity (Wildman–Crippen MR) is 102 cm³/mol. The summed E-state index contributed by atoms with van der Waals surface area (Å²) in [4.78, 5) is 14.2. The molecule has 1 fully saturated rings. The van der Waals surface area contributed by atoms with Gasteiger partial charge in [-0.3, -0.25) is 4.79 Å². The predicted octanol–water partition coefficient (Wildman–Crippen LogP) is 3.17. The zero-order valence-corrected chi connectivity index (χ0v) is 16.0. The van der Waals surface area contributed by atoms with E-state index in [1.165, 1.54) is 6.07 Å². The third-order valence-electron chi connectivity index (χ3n) is 4.36. The molecule has 0 radical (unpaired) electrons. The molecule has 0 bridgehead atoms. The number of hydrogen-bond donors (Lipinski definition) is 2. The van der Waals surface area contributed by atoms with E-state index < -0.39 is 6.04 Å². The van der Waals surface area contributed by atoms with E-state index in [2.05, 4.69) is 15.8 Å². The van der Waals surface area contributed by atoms with E-state index in [1.54, 1.807) is 32.0 Å². The molecule has 1 aliphatic rings. The second-order valence-corrected chi connectivity index (χ2v) is 7.01. The van der Waals surface area contributed by atoms with Crippen LogP contribution in [0, 0.1) is 12.7 Å². The van der Waals surface area contributed by atoms with Crippen LogP contribution >= 0.6 is 0 Å². The smallest absolute Gasteiger partial charge is 0.247 e. The number of morpholine rings is 1. The molecular formula is C19H25FN4O3. The van der Waals surface area contributed by atoms with Crippen LogP contribution in [0.2, 0.25) is 0 Å². The van der Waals surface area contributed by atoms with Crippen molar-refractivity contribution in [1.82, 2.24) is 5.16 Å². The summed E-state index contributed by atoms with van der Waals surface area (Å²) in [6.45, 7) is 8.68. The highest BCUT2D eigenvalue weighted by atomic mass is 19.1. The summed E-state index contributed by atoms with van der Waals surface area (Å²) in [5.74, 6) is 0.336. The molecule has 8 heteroatoms. The van der Waals surface area contributed by atoms with E-state index in [1.807, 2.05) is 18.7 Å². The van der Waals surface area contributed by atoms with Gasteiger partial charge in [0.1, 0.15) is 17.6 Å². The lowest BCUT2D eigenvalue weighted by atomic mass is 10.1. The summed E-state index contributed by atoms with van der Waals surface area (Å²) in [6, 6.07) is 5.96. The van der Waals surface area contributed by atoms with Crippen LogP contribution in [0.4, 0.5) is 21.6 Å². The van der Waals surface area contributed by atoms with Crippen LogP contribution in [0.5, 0.6) is 0 Å². The molecule has 0 aliphatic carbocycles. The van der Waals surface area contributed by atoms with Crippen LogP contribution in [0.25, 0.3) is 0 Å². The van der Waals surface area contributed by atoms with Crippen molar-refractivity contribution in [3.05, 3.63) is 35.8 Å². The van der Waals surface area contributed by atoms with Crippen LogP contribution in [0.1, 0.15) is 26.5 Å². The number of nitrogens with one attached hydrogen (secondary N) is 2. The molecule has 1 aromatic carbocycles. The summed E-state index contributed by atoms with van der Waals surface area (Å²) >= 11 is 0. The Morgan fingerprint density at radius 3 is 2.59 bits per heavy atom. The molecule has 7 nitrogen and oxygen atoms in total. The molecule has 1 aromatic heterocycles. The maximum Gasteiger partial charge on any atom is 0.247 e. The monoisotopic (exact) mass is 376 g/mol. The number of aromatic nitrogens is 1. The van der Waals surface area contributed by atoms with E-state index in [0.29, 0.717) is 36.0 Å². The van der Waals surface area contributed by atoms with Gasteiger partial charge in [-0.25, -0.2) is 4.39 Å². The van der Waals surface area contributed by atoms with Crippen LogP contribution < -0.4 is 15.5 Å². The van der Waals surface area contributed by atoms with Gasteiger partial charge in [-0.2, -0.15) is 0 Å². The number of amides is 1. The number of benzene rings is 1. The fourth-order valence-electron chi connectivity index (χ4n) is 3.20. The number of ether oxygens (including phenoxy) is 1. The van der Waals surface area contributed by atoms with E-state index in [9.17, 15) is 9.18 Å². The molecule has 1 amide bonds. The number of aryl methyl sites for hydroxylation is 1. The normalized spacial score (nSPS) is 21.0. The van der Waals surface area contributed by atoms with Crippen LogP contribution in [-0.4, -0.2) is 42.4 Å². The zero-order valence-electron chi connectivity index (χ0n) is 16.0. The zero-order chi connectivity index (χ0) is 19.6. The lowest BCUT2D eigenvalue weighted by molar-refractivity contribution is -0.116. The quantitative estimate of drug-likeness (QED) is 0.834. The molecule has 146 valence electrons. The summed E-state index contributed by atoms with van der Waals surface area (Å²) in [6.07, 6.45) is 0.102. The molecule has 3 rings (SSSR count). The van der Waals surface area contributed by atoms with Gasteiger partial charge in [-0.15, -0.1) is 0 Å². The number of rotatable bonds is 5. The molecule has 1 saturated heterocycles. The van der Waals surface area contributed by atoms with Crippen LogP contribution in [-0.2, 0) is 9.53 Å². The van der Waals surface area contributed by atoms with Gasteiger partial charge in [0.2, 0.25) is 5.91 Å². The lowest BCUT2D eigenvalue weighted by Gasteiger charge is -2.37. The topological polar surface area (TPSA) is 79.6 Å². The first-order valence-corrected chi connectivity index (χ1v) is 9.02. The van der Waals surface area contributed by atoms with Crippen molar-refractivity contribution in [2.75, 3.05) is 28.6 Å². The Bertz CT molecular complexity index is 800. The van der Waals surface area contributed by atoms with Gasteiger partial charge in [-0.1, -0.05) is 5.16 Å². The fraction of sp³-hybridized carbons (Fsp3) is 0.474. The number of carbonyl (C=O) groups is 1. The molecule has 3 atom stereocenters. The maximum atomic E-state index is 14.6. The molecule has 0 spiro atoms. The Kier molecular flexibility index (Phi) is 5.65. The summed E-state index contributed by atoms with van der Waals surface area (Å²) in [5.41, 5.74) is 1.07. The van der Waals surface area contributed by atoms with Gasteiger partial charge in [0, 0.05) is 24.8 Å². The first-order chi connectivity index (χ1) is 12.8. The maximum absolute atomic E-state index is 14.6. The minimum Gasteiger partial charge on any atom is -0.374 e. The van der Waals surface area contributed by atoms with Crippen molar-refractivity contribution in [3.63, 3.8) is 0 Å². The van der Waals surface area contributed by atoms with Gasteiger partial charge in [0.25, 0.3) is 0 Å². The Labute approximate surface area is 157 Å². The molecule has 2 aromatic rings. The highest BCUT2D eigenvalue weighted by molar-refractivity contribution is 5.95. The molecular weight excluding hydrogens is 351 g/mol. The number of nitrogens with zero attached hydrogens (tertiary/aromatic N) is 2. The van der Waals surface area contributed by atoms with Crippen molar-refractivity contribution in [2.24, 2.45) is 0 Å². The third kappa shape index (κ3) is 4.77. The Morgan fingerprint density at radius 1 is 1.30 bits per heavy atom. The van der Waals surface area contributed by atoms with Crippen molar-refractivity contribution in [3.8, 4) is 0 Å². The van der Waals surface area contributed by atoms with Crippen molar-refractivity contribution in [2.45, 2.75) is 45.9 Å². The minimum atomic E-state index is -0.573. The van der Waals surface area contributed by atoms with Gasteiger partial charge in [0.15, 0.2) is 5.82 Å². The van der Waals surface area contributed by atoms with Gasteiger partial charge in [-0.05, 0) is 45.9 Å². The van der Waals surface area contributed by atoms with Crippen molar-refractivity contribution in [1.29, 1.82) is 0 Å². The number of anilines is 3.